The molecule has 0 saturated carbocycles. The van der Waals surface area contributed by atoms with Crippen molar-refractivity contribution in [2.24, 2.45) is 4.99 Å². The summed E-state index contributed by atoms with van der Waals surface area (Å²) in [7, 11) is 0. The Balaban J connectivity index is 3.17. The summed E-state index contributed by atoms with van der Waals surface area (Å²) < 4.78 is 0. The number of nitrogens with zero attached hydrogens (tertiary/aromatic N) is 1. The minimum atomic E-state index is 1.03. The number of aryl methyl sites for hydroxylation is 2. The van der Waals surface area contributed by atoms with Crippen LogP contribution in [0, 0.1) is 0 Å². The van der Waals surface area contributed by atoms with E-state index in [1.54, 1.807) is 0 Å². The Kier molecular flexibility index (Phi) is 5.96. The first-order valence-electron chi connectivity index (χ1n) is 6.87. The Morgan fingerprint density at radius 1 is 1.00 bits per heavy atom. The van der Waals surface area contributed by atoms with Crippen LogP contribution < -0.4 is 0 Å². The molecule has 0 saturated heterocycles. The molecular formula is C16H25N. The van der Waals surface area contributed by atoms with Gasteiger partial charge in [0, 0.05) is 5.71 Å². The molecule has 1 nitrogen and oxygen atoms in total. The third kappa shape index (κ3) is 3.99. The van der Waals surface area contributed by atoms with Gasteiger partial charge in [0.2, 0.25) is 0 Å². The molecule has 1 heteroatoms. The zero-order valence-electron chi connectivity index (χ0n) is 11.7. The van der Waals surface area contributed by atoms with E-state index < -0.39 is 0 Å². The molecule has 94 valence electrons. The van der Waals surface area contributed by atoms with E-state index in [2.05, 4.69) is 45.9 Å². The van der Waals surface area contributed by atoms with Crippen LogP contribution in [0.25, 0.3) is 0 Å². The van der Waals surface area contributed by atoms with E-state index >= 15 is 0 Å². The minimum absolute atomic E-state index is 1.03. The molecule has 0 aliphatic rings. The summed E-state index contributed by atoms with van der Waals surface area (Å²) in [6.07, 6.45) is 5.67. The van der Waals surface area contributed by atoms with Gasteiger partial charge in [0.25, 0.3) is 0 Å². The maximum atomic E-state index is 4.83. The predicted octanol–water partition coefficient (Wildman–Crippen LogP) is 5.09. The first-order chi connectivity index (χ1) is 8.22. The summed E-state index contributed by atoms with van der Waals surface area (Å²) in [6, 6.07) is 6.63. The second-order valence-electron chi connectivity index (χ2n) is 4.63. The summed E-state index contributed by atoms with van der Waals surface area (Å²) >= 11 is 0. The van der Waals surface area contributed by atoms with Gasteiger partial charge in [-0.25, -0.2) is 0 Å². The number of benzene rings is 1. The van der Waals surface area contributed by atoms with E-state index in [9.17, 15) is 0 Å². The number of hydrogen-bond acceptors (Lipinski definition) is 1. The van der Waals surface area contributed by atoms with Crippen LogP contribution in [-0.2, 0) is 12.8 Å². The second kappa shape index (κ2) is 7.26. The molecule has 17 heavy (non-hydrogen) atoms. The van der Waals surface area contributed by atoms with Crippen molar-refractivity contribution in [2.45, 2.75) is 59.8 Å². The molecule has 0 spiro atoms. The molecule has 1 aromatic rings. The summed E-state index contributed by atoms with van der Waals surface area (Å²) in [5.41, 5.74) is 5.29. The maximum absolute atomic E-state index is 4.83. The van der Waals surface area contributed by atoms with Gasteiger partial charge in [0.05, 0.1) is 5.69 Å². The number of hydrogen-bond donors (Lipinski definition) is 0. The highest BCUT2D eigenvalue weighted by Crippen LogP contribution is 2.27. The fraction of sp³-hybridized carbons (Fsp3) is 0.562. The van der Waals surface area contributed by atoms with Gasteiger partial charge in [0.1, 0.15) is 0 Å². The van der Waals surface area contributed by atoms with E-state index in [0.717, 1.165) is 19.3 Å². The van der Waals surface area contributed by atoms with Crippen LogP contribution in [0.4, 0.5) is 5.69 Å². The van der Waals surface area contributed by atoms with Crippen molar-refractivity contribution in [2.75, 3.05) is 0 Å². The number of aliphatic imine (C=N–C) groups is 1. The lowest BCUT2D eigenvalue weighted by Crippen LogP contribution is -1.94. The average Bonchev–Trinajstić information content (AvgIpc) is 2.33. The maximum Gasteiger partial charge on any atom is 0.0692 e. The van der Waals surface area contributed by atoms with Gasteiger partial charge in [0.15, 0.2) is 0 Å². The molecule has 0 fully saturated rings. The van der Waals surface area contributed by atoms with Crippen LogP contribution in [0.5, 0.6) is 0 Å². The Bertz CT molecular complexity index is 353. The smallest absolute Gasteiger partial charge is 0.0692 e. The van der Waals surface area contributed by atoms with Crippen molar-refractivity contribution in [3.8, 4) is 0 Å². The Morgan fingerprint density at radius 2 is 1.53 bits per heavy atom. The normalized spacial score (nSPS) is 11.9. The van der Waals surface area contributed by atoms with Crippen molar-refractivity contribution in [1.82, 2.24) is 0 Å². The van der Waals surface area contributed by atoms with Crippen molar-refractivity contribution in [3.63, 3.8) is 0 Å². The fourth-order valence-corrected chi connectivity index (χ4v) is 2.00. The molecule has 0 N–H and O–H groups in total. The van der Waals surface area contributed by atoms with Crippen molar-refractivity contribution < 1.29 is 0 Å². The van der Waals surface area contributed by atoms with Gasteiger partial charge >= 0.3 is 0 Å². The first-order valence-corrected chi connectivity index (χ1v) is 6.87. The molecule has 0 bridgehead atoms. The Morgan fingerprint density at radius 3 is 1.94 bits per heavy atom. The zero-order chi connectivity index (χ0) is 12.7. The van der Waals surface area contributed by atoms with Crippen LogP contribution in [0.2, 0.25) is 0 Å². The molecule has 0 heterocycles. The molecule has 0 aliphatic carbocycles. The van der Waals surface area contributed by atoms with E-state index in [-0.39, 0.29) is 0 Å². The average molecular weight is 231 g/mol. The van der Waals surface area contributed by atoms with Crippen LogP contribution in [0.3, 0.4) is 0 Å². The molecule has 0 amide bonds. The van der Waals surface area contributed by atoms with E-state index in [4.69, 9.17) is 4.99 Å². The van der Waals surface area contributed by atoms with Crippen LogP contribution in [0.1, 0.15) is 58.1 Å². The number of rotatable bonds is 6. The predicted molar refractivity (Wildman–Crippen MR) is 77.5 cm³/mol. The Labute approximate surface area is 106 Å². The van der Waals surface area contributed by atoms with E-state index in [0.29, 0.717) is 0 Å². The monoisotopic (exact) mass is 231 g/mol. The molecule has 0 atom stereocenters. The molecular weight excluding hydrogens is 206 g/mol. The minimum Gasteiger partial charge on any atom is -0.258 e. The van der Waals surface area contributed by atoms with Gasteiger partial charge in [-0.1, -0.05) is 51.8 Å². The Hall–Kier alpha value is -1.11. The molecule has 0 aromatic heterocycles. The van der Waals surface area contributed by atoms with Crippen molar-refractivity contribution >= 4 is 11.4 Å². The largest absolute Gasteiger partial charge is 0.258 e. The molecule has 0 radical (unpaired) electrons. The molecule has 1 aromatic carbocycles. The highest BCUT2D eigenvalue weighted by molar-refractivity contribution is 5.85. The van der Waals surface area contributed by atoms with E-state index in [1.807, 2.05) is 0 Å². The quantitative estimate of drug-likeness (QED) is 0.604. The summed E-state index contributed by atoms with van der Waals surface area (Å²) in [5.74, 6) is 0. The van der Waals surface area contributed by atoms with Gasteiger partial charge in [-0.05, 0) is 37.3 Å². The van der Waals surface area contributed by atoms with Crippen LogP contribution in [0.15, 0.2) is 23.2 Å². The SMILES string of the molecule is CCCc1cccc(CCC)c1N=C(C)CC. The lowest BCUT2D eigenvalue weighted by Gasteiger charge is -2.11. The topological polar surface area (TPSA) is 12.4 Å². The molecule has 1 rings (SSSR count). The second-order valence-corrected chi connectivity index (χ2v) is 4.63. The first kappa shape index (κ1) is 14.0. The van der Waals surface area contributed by atoms with Gasteiger partial charge in [-0.15, -0.1) is 0 Å². The summed E-state index contributed by atoms with van der Waals surface area (Å²) in [4.78, 5) is 4.83. The van der Waals surface area contributed by atoms with Gasteiger partial charge in [-0.3, -0.25) is 4.99 Å². The van der Waals surface area contributed by atoms with E-state index in [1.165, 1.54) is 35.4 Å². The molecule has 0 unspecified atom stereocenters. The van der Waals surface area contributed by atoms with Gasteiger partial charge in [-0.2, -0.15) is 0 Å². The summed E-state index contributed by atoms with van der Waals surface area (Å²) in [5, 5.41) is 0. The fourth-order valence-electron chi connectivity index (χ4n) is 2.00. The van der Waals surface area contributed by atoms with Gasteiger partial charge < -0.3 is 0 Å². The standard InChI is InChI=1S/C16H25N/c1-5-9-14-11-8-12-15(10-6-2)16(14)17-13(4)7-3/h8,11-12H,5-7,9-10H2,1-4H3. The highest BCUT2D eigenvalue weighted by Gasteiger charge is 2.06. The summed E-state index contributed by atoms with van der Waals surface area (Å²) in [6.45, 7) is 8.75. The number of para-hydroxylation sites is 1. The third-order valence-electron chi connectivity index (χ3n) is 3.06. The van der Waals surface area contributed by atoms with Crippen LogP contribution >= 0.6 is 0 Å². The van der Waals surface area contributed by atoms with Crippen molar-refractivity contribution in [1.29, 1.82) is 0 Å². The lowest BCUT2D eigenvalue weighted by atomic mass is 10.0. The van der Waals surface area contributed by atoms with Crippen LogP contribution in [-0.4, -0.2) is 5.71 Å². The molecule has 0 aliphatic heterocycles. The van der Waals surface area contributed by atoms with Crippen molar-refractivity contribution in [3.05, 3.63) is 29.3 Å². The lowest BCUT2D eigenvalue weighted by molar-refractivity contribution is 0.894. The zero-order valence-corrected chi connectivity index (χ0v) is 11.7. The highest BCUT2D eigenvalue weighted by atomic mass is 14.8. The third-order valence-corrected chi connectivity index (χ3v) is 3.06.